The van der Waals surface area contributed by atoms with Gasteiger partial charge in [-0.2, -0.15) is 0 Å². The lowest BCUT2D eigenvalue weighted by molar-refractivity contribution is -0.123. The first-order valence-electron chi connectivity index (χ1n) is 6.79. The Kier molecular flexibility index (Phi) is 5.21. The van der Waals surface area contributed by atoms with Crippen molar-refractivity contribution in [3.8, 4) is 5.75 Å². The molecule has 0 unspecified atom stereocenters. The lowest BCUT2D eigenvalue weighted by atomic mass is 10.2. The molecule has 1 saturated carbocycles. The van der Waals surface area contributed by atoms with Crippen molar-refractivity contribution < 1.29 is 14.3 Å². The second-order valence-corrected chi connectivity index (χ2v) is 4.82. The number of ether oxygens (including phenoxy) is 2. The highest BCUT2D eigenvalue weighted by Crippen LogP contribution is 2.24. The molecule has 1 amide bonds. The molecule has 0 heterocycles. The number of benzene rings is 1. The zero-order valence-corrected chi connectivity index (χ0v) is 11.3. The fraction of sp³-hybridized carbons (Fsp3) is 0.533. The summed E-state index contributed by atoms with van der Waals surface area (Å²) in [6.45, 7) is 0.461. The van der Waals surface area contributed by atoms with Crippen molar-refractivity contribution in [3.63, 3.8) is 0 Å². The average Bonchev–Trinajstić information content (AvgIpc) is 2.85. The van der Waals surface area contributed by atoms with Gasteiger partial charge in [-0.25, -0.2) is 0 Å². The van der Waals surface area contributed by atoms with Crippen LogP contribution in [-0.2, 0) is 9.53 Å². The third-order valence-electron chi connectivity index (χ3n) is 3.36. The Labute approximate surface area is 114 Å². The first kappa shape index (κ1) is 13.9. The Morgan fingerprint density at radius 1 is 1.32 bits per heavy atom. The van der Waals surface area contributed by atoms with Crippen LogP contribution in [0.25, 0.3) is 0 Å². The van der Waals surface area contributed by atoms with E-state index < -0.39 is 0 Å². The number of amides is 1. The van der Waals surface area contributed by atoms with E-state index in [2.05, 4.69) is 5.32 Å². The molecule has 1 aliphatic carbocycles. The molecule has 1 aliphatic rings. The zero-order valence-electron chi connectivity index (χ0n) is 11.3. The standard InChI is InChI=1S/C15H21NO3/c1-18-11-10-15(17)16-13-8-5-9-14(13)19-12-6-3-2-4-7-12/h2-4,6-7,13-14H,5,8-11H2,1H3,(H,16,17)/t13-,14-/m1/s1. The predicted octanol–water partition coefficient (Wildman–Crippen LogP) is 2.14. The van der Waals surface area contributed by atoms with Crippen molar-refractivity contribution >= 4 is 5.91 Å². The summed E-state index contributed by atoms with van der Waals surface area (Å²) >= 11 is 0. The van der Waals surface area contributed by atoms with Gasteiger partial charge < -0.3 is 14.8 Å². The Hall–Kier alpha value is -1.55. The maximum absolute atomic E-state index is 11.7. The number of rotatable bonds is 6. The molecule has 0 aromatic heterocycles. The second kappa shape index (κ2) is 7.14. The number of hydrogen-bond acceptors (Lipinski definition) is 3. The van der Waals surface area contributed by atoms with Gasteiger partial charge in [-0.3, -0.25) is 4.79 Å². The molecule has 0 aliphatic heterocycles. The Balaban J connectivity index is 1.85. The van der Waals surface area contributed by atoms with Gasteiger partial charge in [0.2, 0.25) is 5.91 Å². The molecule has 4 nitrogen and oxygen atoms in total. The van der Waals surface area contributed by atoms with Crippen LogP contribution in [-0.4, -0.2) is 31.8 Å². The van der Waals surface area contributed by atoms with E-state index >= 15 is 0 Å². The van der Waals surface area contributed by atoms with Gasteiger partial charge >= 0.3 is 0 Å². The smallest absolute Gasteiger partial charge is 0.222 e. The fourth-order valence-corrected chi connectivity index (χ4v) is 2.38. The van der Waals surface area contributed by atoms with Crippen LogP contribution in [0, 0.1) is 0 Å². The molecule has 19 heavy (non-hydrogen) atoms. The number of nitrogens with one attached hydrogen (secondary N) is 1. The van der Waals surface area contributed by atoms with E-state index in [9.17, 15) is 4.79 Å². The summed E-state index contributed by atoms with van der Waals surface area (Å²) < 4.78 is 10.9. The molecule has 2 atom stereocenters. The van der Waals surface area contributed by atoms with E-state index in [1.54, 1.807) is 7.11 Å². The van der Waals surface area contributed by atoms with E-state index in [4.69, 9.17) is 9.47 Å². The SMILES string of the molecule is COCCC(=O)N[C@@H]1CCC[C@H]1Oc1ccccc1. The van der Waals surface area contributed by atoms with Gasteiger partial charge in [0.15, 0.2) is 0 Å². The lowest BCUT2D eigenvalue weighted by Gasteiger charge is -2.22. The van der Waals surface area contributed by atoms with Gasteiger partial charge in [0.25, 0.3) is 0 Å². The van der Waals surface area contributed by atoms with Crippen LogP contribution in [0.2, 0.25) is 0 Å². The van der Waals surface area contributed by atoms with Crippen molar-refractivity contribution in [2.24, 2.45) is 0 Å². The topological polar surface area (TPSA) is 47.6 Å². The van der Waals surface area contributed by atoms with Crippen LogP contribution in [0.15, 0.2) is 30.3 Å². The van der Waals surface area contributed by atoms with E-state index in [0.29, 0.717) is 13.0 Å². The van der Waals surface area contributed by atoms with Crippen LogP contribution >= 0.6 is 0 Å². The Morgan fingerprint density at radius 3 is 2.84 bits per heavy atom. The van der Waals surface area contributed by atoms with Gasteiger partial charge in [-0.1, -0.05) is 18.2 Å². The number of methoxy groups -OCH3 is 1. The summed E-state index contributed by atoms with van der Waals surface area (Å²) in [4.78, 5) is 11.7. The van der Waals surface area contributed by atoms with Crippen LogP contribution in [0.5, 0.6) is 5.75 Å². The molecule has 0 radical (unpaired) electrons. The molecule has 1 aromatic carbocycles. The van der Waals surface area contributed by atoms with E-state index in [1.165, 1.54) is 0 Å². The molecule has 0 bridgehead atoms. The van der Waals surface area contributed by atoms with Gasteiger partial charge in [0.1, 0.15) is 11.9 Å². The first-order chi connectivity index (χ1) is 9.29. The summed E-state index contributed by atoms with van der Waals surface area (Å²) in [6, 6.07) is 9.88. The van der Waals surface area contributed by atoms with Crippen molar-refractivity contribution in [1.82, 2.24) is 5.32 Å². The average molecular weight is 263 g/mol. The summed E-state index contributed by atoms with van der Waals surface area (Å²) in [7, 11) is 1.60. The number of para-hydroxylation sites is 1. The Morgan fingerprint density at radius 2 is 2.11 bits per heavy atom. The Bertz CT molecular complexity index is 394. The normalized spacial score (nSPS) is 22.2. The largest absolute Gasteiger partial charge is 0.488 e. The maximum Gasteiger partial charge on any atom is 0.222 e. The van der Waals surface area contributed by atoms with Crippen LogP contribution in [0.4, 0.5) is 0 Å². The summed E-state index contributed by atoms with van der Waals surface area (Å²) in [5, 5.41) is 3.04. The molecule has 104 valence electrons. The minimum absolute atomic E-state index is 0.0374. The van der Waals surface area contributed by atoms with Crippen molar-refractivity contribution in [2.75, 3.05) is 13.7 Å². The lowest BCUT2D eigenvalue weighted by Crippen LogP contribution is -2.42. The predicted molar refractivity (Wildman–Crippen MR) is 73.1 cm³/mol. The molecule has 1 fully saturated rings. The summed E-state index contributed by atoms with van der Waals surface area (Å²) in [5.74, 6) is 0.904. The van der Waals surface area contributed by atoms with Crippen molar-refractivity contribution in [3.05, 3.63) is 30.3 Å². The highest BCUT2D eigenvalue weighted by molar-refractivity contribution is 5.76. The summed E-state index contributed by atoms with van der Waals surface area (Å²) in [6.07, 6.45) is 3.55. The number of carbonyl (C=O) groups excluding carboxylic acids is 1. The monoisotopic (exact) mass is 263 g/mol. The van der Waals surface area contributed by atoms with Crippen LogP contribution in [0.1, 0.15) is 25.7 Å². The molecule has 4 heteroatoms. The van der Waals surface area contributed by atoms with E-state index in [-0.39, 0.29) is 18.1 Å². The van der Waals surface area contributed by atoms with Crippen LogP contribution < -0.4 is 10.1 Å². The zero-order chi connectivity index (χ0) is 13.5. The third kappa shape index (κ3) is 4.24. The third-order valence-corrected chi connectivity index (χ3v) is 3.36. The summed E-state index contributed by atoms with van der Waals surface area (Å²) in [5.41, 5.74) is 0. The molecule has 1 aromatic rings. The van der Waals surface area contributed by atoms with Gasteiger partial charge in [0, 0.05) is 13.5 Å². The minimum Gasteiger partial charge on any atom is -0.488 e. The molecule has 1 N–H and O–H groups in total. The van der Waals surface area contributed by atoms with Crippen molar-refractivity contribution in [1.29, 1.82) is 0 Å². The number of hydrogen-bond donors (Lipinski definition) is 1. The van der Waals surface area contributed by atoms with Gasteiger partial charge in [0.05, 0.1) is 12.6 Å². The quantitative estimate of drug-likeness (QED) is 0.855. The maximum atomic E-state index is 11.7. The highest BCUT2D eigenvalue weighted by atomic mass is 16.5. The van der Waals surface area contributed by atoms with Crippen molar-refractivity contribution in [2.45, 2.75) is 37.8 Å². The number of carbonyl (C=O) groups is 1. The fourth-order valence-electron chi connectivity index (χ4n) is 2.38. The van der Waals surface area contributed by atoms with Gasteiger partial charge in [-0.15, -0.1) is 0 Å². The van der Waals surface area contributed by atoms with E-state index in [1.807, 2.05) is 30.3 Å². The molecular weight excluding hydrogens is 242 g/mol. The van der Waals surface area contributed by atoms with Crippen LogP contribution in [0.3, 0.4) is 0 Å². The second-order valence-electron chi connectivity index (χ2n) is 4.82. The molecule has 0 saturated heterocycles. The van der Waals surface area contributed by atoms with E-state index in [0.717, 1.165) is 25.0 Å². The molecule has 2 rings (SSSR count). The molecule has 0 spiro atoms. The molecular formula is C15H21NO3. The van der Waals surface area contributed by atoms with Gasteiger partial charge in [-0.05, 0) is 31.4 Å². The highest BCUT2D eigenvalue weighted by Gasteiger charge is 2.30. The first-order valence-corrected chi connectivity index (χ1v) is 6.79. The minimum atomic E-state index is 0.0374.